The van der Waals surface area contributed by atoms with Crippen LogP contribution in [0.3, 0.4) is 0 Å². The number of carbonyl (C=O) groups is 2. The summed E-state index contributed by atoms with van der Waals surface area (Å²) in [5.41, 5.74) is -4.39. The van der Waals surface area contributed by atoms with Gasteiger partial charge in [-0.15, -0.1) is 0 Å². The third-order valence-electron chi connectivity index (χ3n) is 5.44. The van der Waals surface area contributed by atoms with Crippen molar-refractivity contribution < 1.29 is 37.3 Å². The van der Waals surface area contributed by atoms with Crippen molar-refractivity contribution in [1.82, 2.24) is 10.3 Å². The molecule has 2 rings (SSSR count). The van der Waals surface area contributed by atoms with Gasteiger partial charge in [-0.2, -0.15) is 24.9 Å². The zero-order chi connectivity index (χ0) is 31.2. The minimum Gasteiger partial charge on any atom is -0.458 e. The molecule has 13 heteroatoms. The van der Waals surface area contributed by atoms with Crippen LogP contribution in [0.2, 0.25) is 10.0 Å². The molecule has 7 nitrogen and oxygen atoms in total. The number of hydrogen-bond donors (Lipinski definition) is 2. The second-order valence-corrected chi connectivity index (χ2v) is 13.4. The first-order valence-corrected chi connectivity index (χ1v) is 14.6. The van der Waals surface area contributed by atoms with E-state index in [0.717, 1.165) is 17.8 Å². The van der Waals surface area contributed by atoms with Gasteiger partial charge in [0.2, 0.25) is 5.60 Å². The van der Waals surface area contributed by atoms with Crippen LogP contribution in [0, 0.1) is 0 Å². The van der Waals surface area contributed by atoms with Crippen LogP contribution in [0.1, 0.15) is 60.1 Å². The van der Waals surface area contributed by atoms with Gasteiger partial charge in [-0.05, 0) is 84.1 Å². The summed E-state index contributed by atoms with van der Waals surface area (Å²) in [5.74, 6) is -0.619. The second kappa shape index (κ2) is 13.8. The van der Waals surface area contributed by atoms with Crippen molar-refractivity contribution in [3.05, 3.63) is 52.3 Å². The van der Waals surface area contributed by atoms with E-state index in [9.17, 15) is 27.9 Å². The average molecular weight is 640 g/mol. The van der Waals surface area contributed by atoms with E-state index in [-0.39, 0.29) is 17.9 Å². The number of hydrogen-bond acceptors (Lipinski definition) is 7. The van der Waals surface area contributed by atoms with Gasteiger partial charge in [0.05, 0.1) is 5.69 Å². The first kappa shape index (κ1) is 35.0. The number of pyridine rings is 1. The molecular weight excluding hydrogens is 604 g/mol. The Bertz CT molecular complexity index is 1200. The number of rotatable bonds is 10. The Hall–Kier alpha value is -2.21. The maximum absolute atomic E-state index is 14.0. The molecule has 0 aliphatic rings. The molecule has 41 heavy (non-hydrogen) atoms. The molecule has 1 aromatic heterocycles. The second-order valence-electron chi connectivity index (χ2n) is 11.3. The van der Waals surface area contributed by atoms with Crippen molar-refractivity contribution in [3.8, 4) is 11.1 Å². The Morgan fingerprint density at radius 3 is 2.15 bits per heavy atom. The van der Waals surface area contributed by atoms with Crippen molar-refractivity contribution in [3.63, 3.8) is 0 Å². The fourth-order valence-corrected chi connectivity index (χ4v) is 5.10. The number of amides is 1. The molecule has 2 aromatic rings. The van der Waals surface area contributed by atoms with E-state index in [0.29, 0.717) is 21.2 Å². The van der Waals surface area contributed by atoms with Gasteiger partial charge in [0, 0.05) is 27.4 Å². The highest BCUT2D eigenvalue weighted by Gasteiger charge is 2.55. The normalized spacial score (nSPS) is 14.6. The van der Waals surface area contributed by atoms with Crippen molar-refractivity contribution in [1.29, 1.82) is 0 Å². The molecule has 0 radical (unpaired) electrons. The molecule has 0 bridgehead atoms. The maximum Gasteiger partial charge on any atom is 0.423 e. The Balaban J connectivity index is 2.08. The van der Waals surface area contributed by atoms with E-state index in [1.165, 1.54) is 18.3 Å². The number of ether oxygens (including phenoxy) is 2. The van der Waals surface area contributed by atoms with Gasteiger partial charge in [-0.3, -0.25) is 4.98 Å². The Kier molecular flexibility index (Phi) is 11.8. The Morgan fingerprint density at radius 2 is 1.63 bits per heavy atom. The van der Waals surface area contributed by atoms with Crippen LogP contribution >= 0.6 is 35.0 Å². The summed E-state index contributed by atoms with van der Waals surface area (Å²) >= 11 is 13.2. The zero-order valence-electron chi connectivity index (χ0n) is 23.7. The molecule has 0 saturated carbocycles. The highest BCUT2D eigenvalue weighted by Crippen LogP contribution is 2.42. The van der Waals surface area contributed by atoms with Gasteiger partial charge < -0.3 is 19.9 Å². The topological polar surface area (TPSA) is 97.8 Å². The highest BCUT2D eigenvalue weighted by molar-refractivity contribution is 7.99. The number of aliphatic hydroxyl groups is 1. The van der Waals surface area contributed by atoms with E-state index >= 15 is 0 Å². The lowest BCUT2D eigenvalue weighted by atomic mass is 9.94. The third-order valence-corrected chi connectivity index (χ3v) is 7.00. The summed E-state index contributed by atoms with van der Waals surface area (Å²) in [4.78, 5) is 28.8. The molecule has 1 heterocycles. The Labute approximate surface area is 252 Å². The molecule has 1 unspecified atom stereocenters. The number of thioether (sulfide) groups is 1. The lowest BCUT2D eigenvalue weighted by Gasteiger charge is -2.30. The smallest absolute Gasteiger partial charge is 0.423 e. The average Bonchev–Trinajstić information content (AvgIpc) is 2.80. The van der Waals surface area contributed by atoms with Crippen LogP contribution in [-0.2, 0) is 19.9 Å². The first-order valence-electron chi connectivity index (χ1n) is 12.7. The summed E-state index contributed by atoms with van der Waals surface area (Å²) < 4.78 is 52.7. The number of alkyl carbamates (subject to hydrolysis) is 1. The van der Waals surface area contributed by atoms with Gasteiger partial charge >= 0.3 is 18.2 Å². The molecular formula is C28H35Cl2F3N2O5S. The molecule has 0 aliphatic carbocycles. The van der Waals surface area contributed by atoms with Gasteiger partial charge in [0.15, 0.2) is 0 Å². The molecule has 2 atom stereocenters. The number of aromatic nitrogens is 1. The lowest BCUT2D eigenvalue weighted by molar-refractivity contribution is -0.268. The van der Waals surface area contributed by atoms with Gasteiger partial charge in [-0.25, -0.2) is 9.59 Å². The number of benzene rings is 1. The maximum atomic E-state index is 14.0. The van der Waals surface area contributed by atoms with Crippen LogP contribution in [-0.4, -0.2) is 57.1 Å². The third kappa shape index (κ3) is 10.9. The minimum absolute atomic E-state index is 0.0675. The van der Waals surface area contributed by atoms with Crippen molar-refractivity contribution in [2.24, 2.45) is 0 Å². The quantitative estimate of drug-likeness (QED) is 0.205. The lowest BCUT2D eigenvalue weighted by Crippen LogP contribution is -2.46. The minimum atomic E-state index is -5.00. The zero-order valence-corrected chi connectivity index (χ0v) is 26.0. The van der Waals surface area contributed by atoms with Gasteiger partial charge in [0.1, 0.15) is 17.2 Å². The van der Waals surface area contributed by atoms with Gasteiger partial charge in [0.25, 0.3) is 0 Å². The number of carbonyl (C=O) groups excluding carboxylic acids is 2. The fourth-order valence-electron chi connectivity index (χ4n) is 3.53. The molecule has 0 saturated heterocycles. The van der Waals surface area contributed by atoms with E-state index < -0.39 is 53.2 Å². The van der Waals surface area contributed by atoms with E-state index in [1.807, 2.05) is 0 Å². The summed E-state index contributed by atoms with van der Waals surface area (Å²) in [6.07, 6.45) is -5.23. The first-order chi connectivity index (χ1) is 18.7. The molecule has 0 fully saturated rings. The van der Waals surface area contributed by atoms with Crippen LogP contribution < -0.4 is 5.32 Å². The van der Waals surface area contributed by atoms with Crippen molar-refractivity contribution in [2.45, 2.75) is 83.4 Å². The molecule has 2 N–H and O–H groups in total. The predicted octanol–water partition coefficient (Wildman–Crippen LogP) is 7.55. The summed E-state index contributed by atoms with van der Waals surface area (Å²) in [5, 5.41) is 13.9. The van der Waals surface area contributed by atoms with Crippen molar-refractivity contribution >= 4 is 47.0 Å². The number of nitrogens with one attached hydrogen (secondary N) is 1. The summed E-state index contributed by atoms with van der Waals surface area (Å²) in [6, 6.07) is 6.15. The number of esters is 1. The fraction of sp³-hybridized carbons (Fsp3) is 0.536. The Morgan fingerprint density at radius 1 is 1.00 bits per heavy atom. The summed E-state index contributed by atoms with van der Waals surface area (Å²) in [6.45, 7) is 10.0. The highest BCUT2D eigenvalue weighted by atomic mass is 35.5. The monoisotopic (exact) mass is 638 g/mol. The summed E-state index contributed by atoms with van der Waals surface area (Å²) in [7, 11) is 0. The van der Waals surface area contributed by atoms with Crippen molar-refractivity contribution in [2.75, 3.05) is 11.5 Å². The van der Waals surface area contributed by atoms with Gasteiger partial charge in [-0.1, -0.05) is 35.3 Å². The van der Waals surface area contributed by atoms with Crippen LogP contribution in [0.25, 0.3) is 11.1 Å². The van der Waals surface area contributed by atoms with Crippen LogP contribution in [0.4, 0.5) is 18.0 Å². The molecule has 1 aromatic carbocycles. The predicted molar refractivity (Wildman–Crippen MR) is 155 cm³/mol. The van der Waals surface area contributed by atoms with Crippen LogP contribution in [0.15, 0.2) is 36.5 Å². The largest absolute Gasteiger partial charge is 0.458 e. The van der Waals surface area contributed by atoms with Crippen LogP contribution in [0.5, 0.6) is 0 Å². The molecule has 228 valence electrons. The van der Waals surface area contributed by atoms with E-state index in [1.54, 1.807) is 53.7 Å². The van der Waals surface area contributed by atoms with E-state index in [2.05, 4.69) is 10.3 Å². The number of alkyl halides is 3. The van der Waals surface area contributed by atoms with E-state index in [4.69, 9.17) is 32.7 Å². The molecule has 0 spiro atoms. The molecule has 0 aliphatic heterocycles. The number of halogens is 5. The SMILES string of the molecule is CC(C)(C)OC(=O)N[C@@H](CCSCCC(O)(c1ccc(-c2ccc(Cl)cc2Cl)cn1)C(F)(F)F)C(=O)OC(C)(C)C. The standard InChI is InChI=1S/C28H35Cl2F3N2O5S/c1-25(2,3)39-23(36)21(35-24(37)40-26(4,5)6)11-13-41-14-12-27(38,28(31,32)33)22-10-7-17(16-34-22)19-9-8-18(29)15-20(19)30/h7-10,15-16,21,38H,11-14H2,1-6H3,(H,35,37)/t21-,27?/m0/s1. The number of nitrogens with zero attached hydrogens (tertiary/aromatic N) is 1. The molecule has 1 amide bonds.